The first kappa shape index (κ1) is 13.6. The van der Waals surface area contributed by atoms with Crippen molar-refractivity contribution in [2.45, 2.75) is 13.8 Å². The summed E-state index contributed by atoms with van der Waals surface area (Å²) in [5.41, 5.74) is 2.60. The smallest absolute Gasteiger partial charge is 0.296 e. The SMILES string of the molecule is CC1=CC(=O)NC2=CC(=NC(=O)c3csc(C)n3)C=CC12. The molecule has 21 heavy (non-hydrogen) atoms. The number of aromatic nitrogens is 1. The van der Waals surface area contributed by atoms with Crippen LogP contribution in [0.5, 0.6) is 0 Å². The van der Waals surface area contributed by atoms with Gasteiger partial charge in [-0.3, -0.25) is 9.59 Å². The molecule has 106 valence electrons. The number of fused-ring (bicyclic) bond motifs is 1. The molecule has 0 radical (unpaired) electrons. The molecule has 2 heterocycles. The van der Waals surface area contributed by atoms with Crippen LogP contribution in [0.3, 0.4) is 0 Å². The normalized spacial score (nSPS) is 22.5. The Labute approximate surface area is 125 Å². The van der Waals surface area contributed by atoms with Crippen molar-refractivity contribution in [2.24, 2.45) is 10.9 Å². The second kappa shape index (κ2) is 5.21. The molecule has 1 N–H and O–H groups in total. The van der Waals surface area contributed by atoms with E-state index in [0.29, 0.717) is 11.4 Å². The largest absolute Gasteiger partial charge is 0.325 e. The zero-order valence-electron chi connectivity index (χ0n) is 11.6. The highest BCUT2D eigenvalue weighted by Gasteiger charge is 2.24. The summed E-state index contributed by atoms with van der Waals surface area (Å²) in [5.74, 6) is -0.465. The molecule has 2 aliphatic rings. The number of rotatable bonds is 1. The minimum absolute atomic E-state index is 0.0540. The van der Waals surface area contributed by atoms with E-state index in [1.54, 1.807) is 23.6 Å². The van der Waals surface area contributed by atoms with Gasteiger partial charge in [0.25, 0.3) is 5.91 Å². The molecule has 1 unspecified atom stereocenters. The number of aliphatic imine (C=N–C) groups is 1. The highest BCUT2D eigenvalue weighted by atomic mass is 32.1. The average Bonchev–Trinajstić information content (AvgIpc) is 2.85. The van der Waals surface area contributed by atoms with Crippen molar-refractivity contribution in [1.29, 1.82) is 0 Å². The molecule has 0 saturated carbocycles. The number of nitrogens with one attached hydrogen (secondary N) is 1. The standard InChI is InChI=1S/C15H13N3O2S/c1-8-5-14(19)18-12-6-10(3-4-11(8)12)17-15(20)13-7-21-9(2)16-13/h3-7,11H,1-2H3,(H,18,19). The summed E-state index contributed by atoms with van der Waals surface area (Å²) >= 11 is 1.41. The lowest BCUT2D eigenvalue weighted by Gasteiger charge is -2.25. The van der Waals surface area contributed by atoms with Gasteiger partial charge in [0, 0.05) is 23.1 Å². The van der Waals surface area contributed by atoms with Gasteiger partial charge in [0.1, 0.15) is 5.69 Å². The van der Waals surface area contributed by atoms with Crippen LogP contribution in [0.1, 0.15) is 22.4 Å². The van der Waals surface area contributed by atoms with Crippen LogP contribution in [-0.4, -0.2) is 22.5 Å². The van der Waals surface area contributed by atoms with E-state index in [-0.39, 0.29) is 17.7 Å². The van der Waals surface area contributed by atoms with E-state index in [1.807, 2.05) is 19.9 Å². The van der Waals surface area contributed by atoms with E-state index in [2.05, 4.69) is 15.3 Å². The van der Waals surface area contributed by atoms with Crippen LogP contribution in [0.15, 0.2) is 45.9 Å². The van der Waals surface area contributed by atoms with Gasteiger partial charge >= 0.3 is 0 Å². The van der Waals surface area contributed by atoms with E-state index >= 15 is 0 Å². The Bertz CT molecular complexity index is 753. The molecule has 0 aromatic carbocycles. The first-order valence-electron chi connectivity index (χ1n) is 6.47. The predicted molar refractivity (Wildman–Crippen MR) is 81.2 cm³/mol. The van der Waals surface area contributed by atoms with E-state index in [0.717, 1.165) is 16.3 Å². The Hall–Kier alpha value is -2.34. The third-order valence-electron chi connectivity index (χ3n) is 3.28. The van der Waals surface area contributed by atoms with Crippen molar-refractivity contribution in [3.05, 3.63) is 51.7 Å². The number of allylic oxidation sites excluding steroid dienone is 3. The molecule has 1 atom stereocenters. The van der Waals surface area contributed by atoms with Gasteiger partial charge in [0.2, 0.25) is 5.91 Å². The van der Waals surface area contributed by atoms with E-state index in [1.165, 1.54) is 11.3 Å². The van der Waals surface area contributed by atoms with Crippen LogP contribution in [0, 0.1) is 12.8 Å². The molecule has 0 spiro atoms. The molecule has 1 aromatic rings. The lowest BCUT2D eigenvalue weighted by Crippen LogP contribution is -2.32. The van der Waals surface area contributed by atoms with Crippen LogP contribution < -0.4 is 5.32 Å². The number of hydrogen-bond donors (Lipinski definition) is 1. The van der Waals surface area contributed by atoms with Gasteiger partial charge in [0.05, 0.1) is 10.7 Å². The zero-order chi connectivity index (χ0) is 15.0. The molecule has 0 saturated heterocycles. The van der Waals surface area contributed by atoms with Crippen LogP contribution >= 0.6 is 11.3 Å². The van der Waals surface area contributed by atoms with Gasteiger partial charge in [-0.15, -0.1) is 11.3 Å². The zero-order valence-corrected chi connectivity index (χ0v) is 12.4. The third kappa shape index (κ3) is 2.75. The summed E-state index contributed by atoms with van der Waals surface area (Å²) in [7, 11) is 0. The second-order valence-corrected chi connectivity index (χ2v) is 5.97. The number of hydrogen-bond acceptors (Lipinski definition) is 4. The van der Waals surface area contributed by atoms with Crippen molar-refractivity contribution in [1.82, 2.24) is 10.3 Å². The van der Waals surface area contributed by atoms with Crippen LogP contribution in [0.25, 0.3) is 0 Å². The Kier molecular flexibility index (Phi) is 3.39. The Morgan fingerprint density at radius 3 is 2.90 bits per heavy atom. The fraction of sp³-hybridized carbons (Fsp3) is 0.200. The van der Waals surface area contributed by atoms with Crippen molar-refractivity contribution in [3.63, 3.8) is 0 Å². The molecular formula is C15H13N3O2S. The summed E-state index contributed by atoms with van der Waals surface area (Å²) < 4.78 is 0. The summed E-state index contributed by atoms with van der Waals surface area (Å²) in [6.45, 7) is 3.75. The van der Waals surface area contributed by atoms with Crippen molar-refractivity contribution >= 4 is 28.9 Å². The molecular weight excluding hydrogens is 286 g/mol. The lowest BCUT2D eigenvalue weighted by molar-refractivity contribution is -0.116. The second-order valence-electron chi connectivity index (χ2n) is 4.91. The predicted octanol–water partition coefficient (Wildman–Crippen LogP) is 2.18. The first-order valence-corrected chi connectivity index (χ1v) is 7.35. The summed E-state index contributed by atoms with van der Waals surface area (Å²) in [5, 5.41) is 5.31. The van der Waals surface area contributed by atoms with Gasteiger partial charge in [0.15, 0.2) is 0 Å². The molecule has 1 aromatic heterocycles. The number of aryl methyl sites for hydroxylation is 1. The Morgan fingerprint density at radius 1 is 1.38 bits per heavy atom. The average molecular weight is 299 g/mol. The fourth-order valence-corrected chi connectivity index (χ4v) is 2.87. The highest BCUT2D eigenvalue weighted by molar-refractivity contribution is 7.09. The van der Waals surface area contributed by atoms with E-state index < -0.39 is 0 Å². The number of thiazole rings is 1. The monoisotopic (exact) mass is 299 g/mol. The van der Waals surface area contributed by atoms with Gasteiger partial charge in [-0.2, -0.15) is 0 Å². The van der Waals surface area contributed by atoms with E-state index in [4.69, 9.17) is 0 Å². The van der Waals surface area contributed by atoms with Gasteiger partial charge in [-0.1, -0.05) is 11.6 Å². The van der Waals surface area contributed by atoms with Crippen molar-refractivity contribution in [2.75, 3.05) is 0 Å². The lowest BCUT2D eigenvalue weighted by atomic mass is 9.89. The number of nitrogens with zero attached hydrogens (tertiary/aromatic N) is 2. The molecule has 0 bridgehead atoms. The maximum Gasteiger partial charge on any atom is 0.296 e. The molecule has 1 aliphatic heterocycles. The fourth-order valence-electron chi connectivity index (χ4n) is 2.29. The Morgan fingerprint density at radius 2 is 2.19 bits per heavy atom. The van der Waals surface area contributed by atoms with Crippen LogP contribution in [0.2, 0.25) is 0 Å². The first-order chi connectivity index (χ1) is 10.0. The van der Waals surface area contributed by atoms with Gasteiger partial charge in [-0.25, -0.2) is 9.98 Å². The summed E-state index contributed by atoms with van der Waals surface area (Å²) in [6, 6.07) is 0. The number of amides is 2. The molecule has 5 nitrogen and oxygen atoms in total. The maximum atomic E-state index is 12.0. The summed E-state index contributed by atoms with van der Waals surface area (Å²) in [4.78, 5) is 31.7. The number of carbonyl (C=O) groups excluding carboxylic acids is 2. The minimum atomic E-state index is -0.372. The minimum Gasteiger partial charge on any atom is -0.325 e. The van der Waals surface area contributed by atoms with Gasteiger partial charge in [-0.05, 0) is 26.0 Å². The third-order valence-corrected chi connectivity index (χ3v) is 4.06. The van der Waals surface area contributed by atoms with Crippen molar-refractivity contribution in [3.8, 4) is 0 Å². The van der Waals surface area contributed by atoms with E-state index in [9.17, 15) is 9.59 Å². The molecule has 3 rings (SSSR count). The number of carbonyl (C=O) groups is 2. The molecule has 2 amide bonds. The van der Waals surface area contributed by atoms with Crippen molar-refractivity contribution < 1.29 is 9.59 Å². The topological polar surface area (TPSA) is 71.4 Å². The van der Waals surface area contributed by atoms with Gasteiger partial charge < -0.3 is 5.32 Å². The maximum absolute atomic E-state index is 12.0. The van der Waals surface area contributed by atoms with Crippen LogP contribution in [-0.2, 0) is 4.79 Å². The molecule has 0 fully saturated rings. The summed E-state index contributed by atoms with van der Waals surface area (Å²) in [6.07, 6.45) is 7.03. The molecule has 6 heteroatoms. The molecule has 1 aliphatic carbocycles. The Balaban J connectivity index is 1.87. The van der Waals surface area contributed by atoms with Crippen LogP contribution in [0.4, 0.5) is 0 Å². The quantitative estimate of drug-likeness (QED) is 0.864. The highest BCUT2D eigenvalue weighted by Crippen LogP contribution is 2.26.